The first-order valence-electron chi connectivity index (χ1n) is 7.92. The van der Waals surface area contributed by atoms with Crippen LogP contribution in [0.4, 0.5) is 5.82 Å². The van der Waals surface area contributed by atoms with Gasteiger partial charge in [0.05, 0.1) is 0 Å². The van der Waals surface area contributed by atoms with Crippen molar-refractivity contribution in [3.8, 4) is 0 Å². The number of pyridine rings is 1. The lowest BCUT2D eigenvalue weighted by atomic mass is 9.96. The van der Waals surface area contributed by atoms with Crippen molar-refractivity contribution in [1.82, 2.24) is 25.4 Å². The summed E-state index contributed by atoms with van der Waals surface area (Å²) in [5, 5.41) is 10.6. The fourth-order valence-electron chi connectivity index (χ4n) is 2.91. The number of nitrogens with zero attached hydrogens (tertiary/aromatic N) is 3. The van der Waals surface area contributed by atoms with Crippen LogP contribution in [0.3, 0.4) is 0 Å². The third kappa shape index (κ3) is 3.87. The van der Waals surface area contributed by atoms with Gasteiger partial charge in [0.1, 0.15) is 12.4 Å². The molecule has 2 aromatic rings. The maximum atomic E-state index is 12.2. The van der Waals surface area contributed by atoms with Crippen molar-refractivity contribution in [2.45, 2.75) is 31.8 Å². The molecule has 122 valence electrons. The first-order valence-corrected chi connectivity index (χ1v) is 7.92. The summed E-state index contributed by atoms with van der Waals surface area (Å²) >= 11 is 0. The number of carbonyl (C=O) groups excluding carboxylic acids is 1. The second-order valence-electron chi connectivity index (χ2n) is 5.78. The molecule has 23 heavy (non-hydrogen) atoms. The van der Waals surface area contributed by atoms with Gasteiger partial charge in [0.2, 0.25) is 5.91 Å². The first kappa shape index (κ1) is 15.5. The smallest absolute Gasteiger partial charge is 0.242 e. The molecule has 3 rings (SSSR count). The molecule has 0 bridgehead atoms. The van der Waals surface area contributed by atoms with Crippen LogP contribution >= 0.6 is 0 Å². The lowest BCUT2D eigenvalue weighted by molar-refractivity contribution is -0.122. The first-order chi connectivity index (χ1) is 11.2. The largest absolute Gasteiger partial charge is 0.383 e. The normalized spacial score (nSPS) is 17.8. The number of piperidine rings is 1. The maximum absolute atomic E-state index is 12.2. The molecule has 1 aliphatic rings. The van der Waals surface area contributed by atoms with Crippen molar-refractivity contribution in [2.24, 2.45) is 0 Å². The number of aromatic nitrogens is 3. The molecule has 0 radical (unpaired) electrons. The molecule has 0 saturated carbocycles. The van der Waals surface area contributed by atoms with Crippen molar-refractivity contribution in [1.29, 1.82) is 0 Å². The summed E-state index contributed by atoms with van der Waals surface area (Å²) in [5.41, 5.74) is 7.71. The Kier molecular flexibility index (Phi) is 4.87. The highest BCUT2D eigenvalue weighted by molar-refractivity contribution is 5.75. The van der Waals surface area contributed by atoms with Crippen LogP contribution in [-0.4, -0.2) is 33.8 Å². The quantitative estimate of drug-likeness (QED) is 0.752. The van der Waals surface area contributed by atoms with Gasteiger partial charge in [0.25, 0.3) is 0 Å². The van der Waals surface area contributed by atoms with Gasteiger partial charge in [0, 0.05) is 42.7 Å². The SMILES string of the molecule is Nc1ncccc1CNC(=O)Cn1nccc1[C@H]1CCCNC1. The maximum Gasteiger partial charge on any atom is 0.242 e. The lowest BCUT2D eigenvalue weighted by Gasteiger charge is -2.23. The van der Waals surface area contributed by atoms with Crippen LogP contribution in [0.15, 0.2) is 30.6 Å². The van der Waals surface area contributed by atoms with E-state index in [9.17, 15) is 4.79 Å². The van der Waals surface area contributed by atoms with Crippen LogP contribution < -0.4 is 16.4 Å². The number of nitrogens with two attached hydrogens (primary N) is 1. The average Bonchev–Trinajstić information content (AvgIpc) is 3.03. The van der Waals surface area contributed by atoms with Crippen LogP contribution in [0.25, 0.3) is 0 Å². The zero-order chi connectivity index (χ0) is 16.1. The lowest BCUT2D eigenvalue weighted by Crippen LogP contribution is -2.32. The van der Waals surface area contributed by atoms with Crippen LogP contribution in [0, 0.1) is 0 Å². The second-order valence-corrected chi connectivity index (χ2v) is 5.78. The van der Waals surface area contributed by atoms with Crippen molar-refractivity contribution in [3.05, 3.63) is 41.9 Å². The number of anilines is 1. The Labute approximate surface area is 135 Å². The van der Waals surface area contributed by atoms with Crippen LogP contribution in [0.5, 0.6) is 0 Å². The Bertz CT molecular complexity index is 662. The van der Waals surface area contributed by atoms with E-state index in [-0.39, 0.29) is 12.5 Å². The number of hydrogen-bond donors (Lipinski definition) is 3. The molecule has 1 atom stereocenters. The summed E-state index contributed by atoms with van der Waals surface area (Å²) in [5.74, 6) is 0.788. The Morgan fingerprint density at radius 3 is 3.13 bits per heavy atom. The van der Waals surface area contributed by atoms with E-state index in [2.05, 4.69) is 20.7 Å². The Morgan fingerprint density at radius 1 is 1.43 bits per heavy atom. The number of amides is 1. The van der Waals surface area contributed by atoms with E-state index >= 15 is 0 Å². The molecular formula is C16H22N6O. The molecule has 3 heterocycles. The zero-order valence-electron chi connectivity index (χ0n) is 13.0. The van der Waals surface area contributed by atoms with Crippen molar-refractivity contribution >= 4 is 11.7 Å². The van der Waals surface area contributed by atoms with E-state index in [1.807, 2.05) is 12.1 Å². The van der Waals surface area contributed by atoms with E-state index in [0.717, 1.165) is 37.2 Å². The average molecular weight is 314 g/mol. The summed E-state index contributed by atoms with van der Waals surface area (Å²) in [7, 11) is 0. The van der Waals surface area contributed by atoms with Gasteiger partial charge in [-0.05, 0) is 31.5 Å². The Morgan fingerprint density at radius 2 is 2.35 bits per heavy atom. The van der Waals surface area contributed by atoms with Gasteiger partial charge in [-0.3, -0.25) is 9.48 Å². The number of rotatable bonds is 5. The minimum absolute atomic E-state index is 0.0815. The summed E-state index contributed by atoms with van der Waals surface area (Å²) in [4.78, 5) is 16.2. The molecule has 4 N–H and O–H groups in total. The van der Waals surface area contributed by atoms with Gasteiger partial charge in [-0.2, -0.15) is 5.10 Å². The van der Waals surface area contributed by atoms with E-state index in [4.69, 9.17) is 5.73 Å². The highest BCUT2D eigenvalue weighted by Gasteiger charge is 2.19. The van der Waals surface area contributed by atoms with Gasteiger partial charge < -0.3 is 16.4 Å². The standard InChI is InChI=1S/C16H22N6O/c17-16-13(4-2-7-19-16)10-20-15(23)11-22-14(5-8-21-22)12-3-1-6-18-9-12/h2,4-5,7-8,12,18H,1,3,6,9-11H2,(H2,17,19)(H,20,23)/t12-/m0/s1. The van der Waals surface area contributed by atoms with E-state index < -0.39 is 0 Å². The predicted molar refractivity (Wildman–Crippen MR) is 87.6 cm³/mol. The second kappa shape index (κ2) is 7.23. The summed E-state index contributed by atoms with van der Waals surface area (Å²) in [6.07, 6.45) is 5.68. The Hall–Kier alpha value is -2.41. The van der Waals surface area contributed by atoms with Gasteiger partial charge in [-0.15, -0.1) is 0 Å². The summed E-state index contributed by atoms with van der Waals surface area (Å²) in [6.45, 7) is 2.61. The fraction of sp³-hybridized carbons (Fsp3) is 0.438. The Balaban J connectivity index is 1.58. The molecule has 0 aliphatic carbocycles. The van der Waals surface area contributed by atoms with Gasteiger partial charge in [-0.25, -0.2) is 4.98 Å². The highest BCUT2D eigenvalue weighted by atomic mass is 16.2. The molecule has 2 aromatic heterocycles. The molecule has 1 saturated heterocycles. The third-order valence-corrected chi connectivity index (χ3v) is 4.16. The van der Waals surface area contributed by atoms with Crippen LogP contribution in [0.2, 0.25) is 0 Å². The molecule has 1 amide bonds. The minimum atomic E-state index is -0.0815. The number of nitrogens with one attached hydrogen (secondary N) is 2. The molecule has 1 fully saturated rings. The molecule has 0 spiro atoms. The number of nitrogen functional groups attached to an aromatic ring is 1. The van der Waals surface area contributed by atoms with Gasteiger partial charge >= 0.3 is 0 Å². The van der Waals surface area contributed by atoms with Gasteiger partial charge in [-0.1, -0.05) is 6.07 Å². The van der Waals surface area contributed by atoms with Crippen molar-refractivity contribution in [2.75, 3.05) is 18.8 Å². The van der Waals surface area contributed by atoms with E-state index in [1.54, 1.807) is 23.1 Å². The minimum Gasteiger partial charge on any atom is -0.383 e. The van der Waals surface area contributed by atoms with Gasteiger partial charge in [0.15, 0.2) is 0 Å². The molecular weight excluding hydrogens is 292 g/mol. The predicted octanol–water partition coefficient (Wildman–Crippen LogP) is 0.644. The number of carbonyl (C=O) groups is 1. The zero-order valence-corrected chi connectivity index (χ0v) is 13.0. The molecule has 1 aliphatic heterocycles. The molecule has 7 heteroatoms. The molecule has 0 aromatic carbocycles. The van der Waals surface area contributed by atoms with Crippen LogP contribution in [0.1, 0.15) is 30.0 Å². The number of hydrogen-bond acceptors (Lipinski definition) is 5. The van der Waals surface area contributed by atoms with Crippen molar-refractivity contribution < 1.29 is 4.79 Å². The van der Waals surface area contributed by atoms with Crippen molar-refractivity contribution in [3.63, 3.8) is 0 Å². The highest BCUT2D eigenvalue weighted by Crippen LogP contribution is 2.22. The fourth-order valence-corrected chi connectivity index (χ4v) is 2.91. The summed E-state index contributed by atoms with van der Waals surface area (Å²) < 4.78 is 1.79. The molecule has 7 nitrogen and oxygen atoms in total. The topological polar surface area (TPSA) is 97.9 Å². The van der Waals surface area contributed by atoms with E-state index in [1.165, 1.54) is 0 Å². The monoisotopic (exact) mass is 314 g/mol. The van der Waals surface area contributed by atoms with Crippen LogP contribution in [-0.2, 0) is 17.9 Å². The third-order valence-electron chi connectivity index (χ3n) is 4.16. The van der Waals surface area contributed by atoms with E-state index in [0.29, 0.717) is 18.3 Å². The molecule has 0 unspecified atom stereocenters. The summed E-state index contributed by atoms with van der Waals surface area (Å²) in [6, 6.07) is 5.67.